The molecule has 0 radical (unpaired) electrons. The Bertz CT molecular complexity index is 1090. The molecular weight excluding hydrogens is 418 g/mol. The van der Waals surface area contributed by atoms with Crippen molar-refractivity contribution in [2.45, 2.75) is 49.5 Å². The topological polar surface area (TPSA) is 101 Å². The second kappa shape index (κ2) is 8.76. The molecule has 1 aliphatic heterocycles. The van der Waals surface area contributed by atoms with Gasteiger partial charge in [-0.15, -0.1) is 0 Å². The minimum absolute atomic E-state index is 0.0756. The minimum Gasteiger partial charge on any atom is -0.305 e. The largest absolute Gasteiger partial charge is 0.305 e. The fourth-order valence-electron chi connectivity index (χ4n) is 4.42. The lowest BCUT2D eigenvalue weighted by molar-refractivity contribution is -0.384. The lowest BCUT2D eigenvalue weighted by atomic mass is 10.1. The highest BCUT2D eigenvalue weighted by Crippen LogP contribution is 2.32. The molecule has 2 fully saturated rings. The number of hydrogen-bond donors (Lipinski definition) is 0. The monoisotopic (exact) mass is 443 g/mol. The van der Waals surface area contributed by atoms with E-state index in [9.17, 15) is 23.3 Å². The summed E-state index contributed by atoms with van der Waals surface area (Å²) in [6.07, 6.45) is 5.24. The second-order valence-corrected chi connectivity index (χ2v) is 9.97. The van der Waals surface area contributed by atoms with Crippen molar-refractivity contribution in [1.29, 1.82) is 0 Å². The summed E-state index contributed by atoms with van der Waals surface area (Å²) in [7, 11) is -3.65. The number of nitro benzene ring substituents is 1. The molecule has 164 valence electrons. The van der Waals surface area contributed by atoms with Crippen molar-refractivity contribution in [3.8, 4) is 0 Å². The van der Waals surface area contributed by atoms with Crippen LogP contribution >= 0.6 is 0 Å². The molecule has 4 rings (SSSR count). The molecule has 2 aromatic carbocycles. The highest BCUT2D eigenvalue weighted by Gasteiger charge is 2.32. The van der Waals surface area contributed by atoms with Crippen LogP contribution in [0.25, 0.3) is 0 Å². The number of carbonyl (C=O) groups is 1. The molecule has 1 saturated heterocycles. The van der Waals surface area contributed by atoms with Crippen LogP contribution in [0.1, 0.15) is 48.9 Å². The Kier molecular flexibility index (Phi) is 6.06. The quantitative estimate of drug-likeness (QED) is 0.497. The van der Waals surface area contributed by atoms with Crippen LogP contribution in [-0.2, 0) is 10.0 Å². The van der Waals surface area contributed by atoms with Crippen LogP contribution in [0.5, 0.6) is 0 Å². The summed E-state index contributed by atoms with van der Waals surface area (Å²) in [5.41, 5.74) is 0.635. The van der Waals surface area contributed by atoms with Crippen molar-refractivity contribution in [1.82, 2.24) is 4.31 Å². The van der Waals surface area contributed by atoms with Crippen molar-refractivity contribution in [3.05, 3.63) is 64.2 Å². The van der Waals surface area contributed by atoms with Gasteiger partial charge in [0.25, 0.3) is 11.6 Å². The van der Waals surface area contributed by atoms with Gasteiger partial charge in [0.15, 0.2) is 0 Å². The molecular formula is C22H25N3O5S. The summed E-state index contributed by atoms with van der Waals surface area (Å²) in [5.74, 6) is -0.342. The van der Waals surface area contributed by atoms with Crippen LogP contribution in [-0.4, -0.2) is 42.7 Å². The van der Waals surface area contributed by atoms with Crippen LogP contribution in [0, 0.1) is 10.1 Å². The Morgan fingerprint density at radius 3 is 2.35 bits per heavy atom. The van der Waals surface area contributed by atoms with Gasteiger partial charge in [-0.3, -0.25) is 14.9 Å². The summed E-state index contributed by atoms with van der Waals surface area (Å²) in [6, 6.07) is 12.1. The Labute approximate surface area is 181 Å². The number of amides is 1. The number of benzene rings is 2. The molecule has 0 spiro atoms. The summed E-state index contributed by atoms with van der Waals surface area (Å²) >= 11 is 0. The fraction of sp³-hybridized carbons (Fsp3) is 0.409. The highest BCUT2D eigenvalue weighted by atomic mass is 32.2. The standard InChI is InChI=1S/C22H25N3O5S/c26-22(17-7-5-12-21(15-17)31(29,30)23-13-3-4-14-23)24(18-8-1-2-9-18)19-10-6-11-20(16-19)25(27)28/h5-7,10-12,15-16,18H,1-4,8-9,13-14H2. The summed E-state index contributed by atoms with van der Waals surface area (Å²) < 4.78 is 27.4. The first kappa shape index (κ1) is 21.5. The van der Waals surface area contributed by atoms with Gasteiger partial charge < -0.3 is 4.90 Å². The number of sulfonamides is 1. The summed E-state index contributed by atoms with van der Waals surface area (Å²) in [4.78, 5) is 26.0. The van der Waals surface area contributed by atoms with Crippen molar-refractivity contribution in [2.75, 3.05) is 18.0 Å². The van der Waals surface area contributed by atoms with Gasteiger partial charge in [-0.2, -0.15) is 4.31 Å². The van der Waals surface area contributed by atoms with E-state index in [0.29, 0.717) is 18.8 Å². The van der Waals surface area contributed by atoms with Gasteiger partial charge in [0.1, 0.15) is 0 Å². The highest BCUT2D eigenvalue weighted by molar-refractivity contribution is 7.89. The first-order chi connectivity index (χ1) is 14.9. The fourth-order valence-corrected chi connectivity index (χ4v) is 5.98. The maximum Gasteiger partial charge on any atom is 0.271 e. The molecule has 31 heavy (non-hydrogen) atoms. The van der Waals surface area contributed by atoms with E-state index >= 15 is 0 Å². The Hall–Kier alpha value is -2.78. The molecule has 2 aliphatic rings. The molecule has 8 nitrogen and oxygen atoms in total. The Balaban J connectivity index is 1.71. The molecule has 1 saturated carbocycles. The number of non-ortho nitro benzene ring substituents is 1. The zero-order valence-electron chi connectivity index (χ0n) is 17.1. The zero-order chi connectivity index (χ0) is 22.0. The lowest BCUT2D eigenvalue weighted by Gasteiger charge is -2.29. The second-order valence-electron chi connectivity index (χ2n) is 8.03. The SMILES string of the molecule is O=C(c1cccc(S(=O)(=O)N2CCCC2)c1)N(c1cccc([N+](=O)[O-])c1)C1CCCC1. The van der Waals surface area contributed by atoms with E-state index in [1.165, 1.54) is 28.6 Å². The molecule has 0 unspecified atom stereocenters. The van der Waals surface area contributed by atoms with E-state index in [2.05, 4.69) is 0 Å². The first-order valence-corrected chi connectivity index (χ1v) is 12.0. The van der Waals surface area contributed by atoms with Crippen molar-refractivity contribution in [2.24, 2.45) is 0 Å². The normalized spacial score (nSPS) is 17.7. The molecule has 2 aromatic rings. The number of anilines is 1. The third-order valence-electron chi connectivity index (χ3n) is 6.01. The zero-order valence-corrected chi connectivity index (χ0v) is 18.0. The number of hydrogen-bond acceptors (Lipinski definition) is 5. The van der Waals surface area contributed by atoms with Gasteiger partial charge in [-0.05, 0) is 49.9 Å². The van der Waals surface area contributed by atoms with Gasteiger partial charge in [0.2, 0.25) is 10.0 Å². The predicted molar refractivity (Wildman–Crippen MR) is 117 cm³/mol. The van der Waals surface area contributed by atoms with Crippen LogP contribution in [0.3, 0.4) is 0 Å². The van der Waals surface area contributed by atoms with Crippen molar-refractivity contribution >= 4 is 27.3 Å². The van der Waals surface area contributed by atoms with E-state index in [4.69, 9.17) is 0 Å². The van der Waals surface area contributed by atoms with E-state index in [0.717, 1.165) is 38.5 Å². The summed E-state index contributed by atoms with van der Waals surface area (Å²) in [5, 5.41) is 11.2. The molecule has 1 aliphatic carbocycles. The van der Waals surface area contributed by atoms with E-state index in [-0.39, 0.29) is 28.1 Å². The van der Waals surface area contributed by atoms with Gasteiger partial charge >= 0.3 is 0 Å². The predicted octanol–water partition coefficient (Wildman–Crippen LogP) is 3.97. The third-order valence-corrected chi connectivity index (χ3v) is 7.91. The molecule has 0 aromatic heterocycles. The molecule has 0 atom stereocenters. The van der Waals surface area contributed by atoms with E-state index < -0.39 is 14.9 Å². The summed E-state index contributed by atoms with van der Waals surface area (Å²) in [6.45, 7) is 0.977. The molecule has 0 bridgehead atoms. The maximum absolute atomic E-state index is 13.6. The lowest BCUT2D eigenvalue weighted by Crippen LogP contribution is -2.39. The number of carbonyl (C=O) groups excluding carboxylic acids is 1. The smallest absolute Gasteiger partial charge is 0.271 e. The molecule has 0 N–H and O–H groups in total. The molecule has 1 heterocycles. The molecule has 1 amide bonds. The van der Waals surface area contributed by atoms with Gasteiger partial charge in [0.05, 0.1) is 15.5 Å². The van der Waals surface area contributed by atoms with Crippen molar-refractivity contribution in [3.63, 3.8) is 0 Å². The number of nitro groups is 1. The minimum atomic E-state index is -3.65. The van der Waals surface area contributed by atoms with Crippen LogP contribution < -0.4 is 4.90 Å². The van der Waals surface area contributed by atoms with Crippen LogP contribution in [0.2, 0.25) is 0 Å². The van der Waals surface area contributed by atoms with E-state index in [1.54, 1.807) is 29.2 Å². The average molecular weight is 444 g/mol. The van der Waals surface area contributed by atoms with Gasteiger partial charge in [-0.25, -0.2) is 8.42 Å². The average Bonchev–Trinajstić information content (AvgIpc) is 3.49. The molecule has 9 heteroatoms. The van der Waals surface area contributed by atoms with Crippen LogP contribution in [0.15, 0.2) is 53.4 Å². The number of rotatable bonds is 6. The van der Waals surface area contributed by atoms with Crippen molar-refractivity contribution < 1.29 is 18.1 Å². The number of nitrogens with zero attached hydrogens (tertiary/aromatic N) is 3. The maximum atomic E-state index is 13.6. The third kappa shape index (κ3) is 4.33. The van der Waals surface area contributed by atoms with Gasteiger partial charge in [0, 0.05) is 36.8 Å². The van der Waals surface area contributed by atoms with Crippen LogP contribution in [0.4, 0.5) is 11.4 Å². The first-order valence-electron chi connectivity index (χ1n) is 10.6. The van der Waals surface area contributed by atoms with Gasteiger partial charge in [-0.1, -0.05) is 25.0 Å². The van der Waals surface area contributed by atoms with E-state index in [1.807, 2.05) is 0 Å². The Morgan fingerprint density at radius 2 is 1.68 bits per heavy atom. The Morgan fingerprint density at radius 1 is 1.00 bits per heavy atom.